The Morgan fingerprint density at radius 1 is 1.06 bits per heavy atom. The molecule has 3 aliphatic heterocycles. The van der Waals surface area contributed by atoms with Crippen molar-refractivity contribution in [1.82, 2.24) is 0 Å². The molecule has 6 heteroatoms. The van der Waals surface area contributed by atoms with E-state index in [9.17, 15) is 5.11 Å². The van der Waals surface area contributed by atoms with Crippen molar-refractivity contribution in [1.29, 1.82) is 0 Å². The summed E-state index contributed by atoms with van der Waals surface area (Å²) in [6, 6.07) is 4.81. The summed E-state index contributed by atoms with van der Waals surface area (Å²) in [4.78, 5) is 1.88. The molecule has 0 amide bonds. The van der Waals surface area contributed by atoms with Crippen molar-refractivity contribution in [3.8, 4) is 11.5 Å². The Kier molecular flexibility index (Phi) is 4.93. The Morgan fingerprint density at radius 3 is 2.51 bits per heavy atom. The SMILES string of the molecule is CC1(C)O[C@]23CC[C@@]4(C[C@@H]2C1(C)C)[C@H]1Cc2ccc(O)c5c2[C@@]4(CC[NH+]1CC1CC1)[C@H]3O5.CO.[Cl-]. The standard InChI is InChI=1S/C28H37NO3.CH4O.ClH/c1-24(2)19-14-26-9-10-28(19,32-25(24,3)4)23-27(26)11-12-29(15-16-5-6-16)20(26)13-17-7-8-18(30)22(31-23)21(17)27;1-2;/h7-8,16,19-20,23,30H,5-6,9-15H2,1-4H3;2H,1H3;1H/t19-,20-,23-,26-,27+,28-;;/m1../s1. The highest BCUT2D eigenvalue weighted by Crippen LogP contribution is 2.79. The quantitative estimate of drug-likeness (QED) is 0.532. The number of aliphatic hydroxyl groups excluding tert-OH is 1. The van der Waals surface area contributed by atoms with Crippen molar-refractivity contribution >= 4 is 0 Å². The van der Waals surface area contributed by atoms with E-state index >= 15 is 0 Å². The van der Waals surface area contributed by atoms with Crippen LogP contribution in [0.25, 0.3) is 0 Å². The second-order valence-corrected chi connectivity index (χ2v) is 13.7. The maximum atomic E-state index is 10.9. The molecule has 1 aromatic carbocycles. The Hall–Kier alpha value is -1.01. The molecular weight excluding hydrogens is 462 g/mol. The summed E-state index contributed by atoms with van der Waals surface area (Å²) in [6.45, 7) is 12.2. The van der Waals surface area contributed by atoms with E-state index in [-0.39, 0.29) is 46.0 Å². The number of likely N-dealkylation sites (tertiary alicyclic amines) is 1. The van der Waals surface area contributed by atoms with Gasteiger partial charge in [0, 0.05) is 42.8 Å². The van der Waals surface area contributed by atoms with Gasteiger partial charge in [-0.1, -0.05) is 19.9 Å². The van der Waals surface area contributed by atoms with Crippen LogP contribution in [-0.4, -0.2) is 53.8 Å². The number of aromatic hydroxyl groups is 1. The van der Waals surface area contributed by atoms with Crippen LogP contribution in [0.3, 0.4) is 0 Å². The molecule has 5 aliphatic carbocycles. The largest absolute Gasteiger partial charge is 1.00 e. The topological polar surface area (TPSA) is 63.4 Å². The molecule has 3 spiro atoms. The number of phenols is 1. The maximum Gasteiger partial charge on any atom is 0.165 e. The van der Waals surface area contributed by atoms with Crippen molar-refractivity contribution < 1.29 is 37.0 Å². The molecule has 7 atom stereocenters. The molecule has 35 heavy (non-hydrogen) atoms. The second-order valence-electron chi connectivity index (χ2n) is 13.7. The summed E-state index contributed by atoms with van der Waals surface area (Å²) < 4.78 is 14.2. The van der Waals surface area contributed by atoms with Crippen LogP contribution in [0.1, 0.15) is 77.3 Å². The van der Waals surface area contributed by atoms with Crippen LogP contribution in [-0.2, 0) is 16.6 Å². The number of quaternary nitrogens is 1. The molecule has 4 bridgehead atoms. The fourth-order valence-corrected chi connectivity index (χ4v) is 10.3. The molecule has 194 valence electrons. The van der Waals surface area contributed by atoms with Crippen molar-refractivity contribution in [3.05, 3.63) is 23.3 Å². The number of piperidine rings is 1. The Bertz CT molecular complexity index is 1070. The fraction of sp³-hybridized carbons (Fsp3) is 0.793. The average Bonchev–Trinajstić information content (AvgIpc) is 3.51. The van der Waals surface area contributed by atoms with Gasteiger partial charge in [-0.2, -0.15) is 0 Å². The summed E-state index contributed by atoms with van der Waals surface area (Å²) >= 11 is 0. The monoisotopic (exact) mass is 503 g/mol. The number of phenolic OH excluding ortho intramolecular Hbond substituents is 1. The van der Waals surface area contributed by atoms with Crippen LogP contribution in [0.2, 0.25) is 0 Å². The molecule has 0 radical (unpaired) electrons. The molecule has 1 aromatic rings. The molecule has 2 saturated heterocycles. The van der Waals surface area contributed by atoms with Gasteiger partial charge in [0.2, 0.25) is 0 Å². The zero-order valence-corrected chi connectivity index (χ0v) is 22.7. The third-order valence-corrected chi connectivity index (χ3v) is 12.3. The second kappa shape index (κ2) is 7.09. The Balaban J connectivity index is 0.000000745. The summed E-state index contributed by atoms with van der Waals surface area (Å²) in [5, 5.41) is 17.9. The van der Waals surface area contributed by atoms with Crippen LogP contribution in [0.5, 0.6) is 11.5 Å². The van der Waals surface area contributed by atoms with Gasteiger partial charge in [-0.15, -0.1) is 0 Å². The summed E-state index contributed by atoms with van der Waals surface area (Å²) in [5.41, 5.74) is 2.86. The van der Waals surface area contributed by atoms with E-state index in [1.54, 1.807) is 0 Å². The van der Waals surface area contributed by atoms with Gasteiger partial charge in [0.1, 0.15) is 11.7 Å². The van der Waals surface area contributed by atoms with Crippen LogP contribution in [0, 0.1) is 22.7 Å². The highest BCUT2D eigenvalue weighted by atomic mass is 35.5. The van der Waals surface area contributed by atoms with Crippen molar-refractivity contribution in [2.75, 3.05) is 20.2 Å². The maximum absolute atomic E-state index is 10.9. The molecule has 0 aromatic heterocycles. The van der Waals surface area contributed by atoms with Gasteiger partial charge in [-0.3, -0.25) is 0 Å². The van der Waals surface area contributed by atoms with Gasteiger partial charge in [-0.05, 0) is 63.0 Å². The highest BCUT2D eigenvalue weighted by molar-refractivity contribution is 5.63. The van der Waals surface area contributed by atoms with Gasteiger partial charge < -0.3 is 37.0 Å². The normalized spacial score (nSPS) is 45.9. The van der Waals surface area contributed by atoms with Crippen molar-refractivity contribution in [3.63, 3.8) is 0 Å². The number of nitrogens with one attached hydrogen (secondary N) is 1. The fourth-order valence-electron chi connectivity index (χ4n) is 10.3. The van der Waals surface area contributed by atoms with E-state index in [0.29, 0.717) is 17.7 Å². The third-order valence-electron chi connectivity index (χ3n) is 12.3. The molecule has 5 nitrogen and oxygen atoms in total. The molecule has 4 saturated carbocycles. The lowest BCUT2D eigenvalue weighted by Crippen LogP contribution is -3.21. The number of hydrogen-bond donors (Lipinski definition) is 3. The Labute approximate surface area is 216 Å². The highest BCUT2D eigenvalue weighted by Gasteiger charge is 2.86. The number of rotatable bonds is 2. The molecule has 1 unspecified atom stereocenters. The number of hydrogen-bond acceptors (Lipinski definition) is 4. The van der Waals surface area contributed by atoms with Crippen LogP contribution < -0.4 is 22.0 Å². The first kappa shape index (κ1) is 24.3. The number of aliphatic hydroxyl groups is 1. The zero-order chi connectivity index (χ0) is 23.9. The van der Waals surface area contributed by atoms with Crippen molar-refractivity contribution in [2.45, 2.75) is 101 Å². The van der Waals surface area contributed by atoms with Crippen LogP contribution in [0.4, 0.5) is 0 Å². The summed E-state index contributed by atoms with van der Waals surface area (Å²) in [7, 11) is 1.00. The van der Waals surface area contributed by atoms with Gasteiger partial charge in [-0.25, -0.2) is 0 Å². The van der Waals surface area contributed by atoms with Crippen molar-refractivity contribution in [2.24, 2.45) is 22.7 Å². The molecule has 3 N–H and O–H groups in total. The molecule has 9 rings (SSSR count). The van der Waals surface area contributed by atoms with Crippen LogP contribution in [0.15, 0.2) is 12.1 Å². The van der Waals surface area contributed by atoms with Gasteiger partial charge in [0.25, 0.3) is 0 Å². The number of fused-ring (bicyclic) bond motifs is 1. The van der Waals surface area contributed by atoms with Crippen LogP contribution >= 0.6 is 0 Å². The lowest BCUT2D eigenvalue weighted by Gasteiger charge is -2.72. The smallest absolute Gasteiger partial charge is 0.165 e. The van der Waals surface area contributed by atoms with E-state index in [4.69, 9.17) is 14.6 Å². The lowest BCUT2D eigenvalue weighted by atomic mass is 9.33. The molecular formula is C29H42ClNO4. The molecule has 6 fully saturated rings. The van der Waals surface area contributed by atoms with Gasteiger partial charge >= 0.3 is 0 Å². The van der Waals surface area contributed by atoms with E-state index in [1.807, 2.05) is 11.0 Å². The first-order chi connectivity index (χ1) is 16.2. The summed E-state index contributed by atoms with van der Waals surface area (Å²) in [5.74, 6) is 2.63. The van der Waals surface area contributed by atoms with Gasteiger partial charge in [0.05, 0.1) is 30.1 Å². The molecule has 3 heterocycles. The van der Waals surface area contributed by atoms with Gasteiger partial charge in [0.15, 0.2) is 11.5 Å². The van der Waals surface area contributed by atoms with E-state index in [1.165, 1.54) is 56.3 Å². The molecule has 8 aliphatic rings. The third kappa shape index (κ3) is 2.48. The number of benzene rings is 1. The zero-order valence-electron chi connectivity index (χ0n) is 21.9. The summed E-state index contributed by atoms with van der Waals surface area (Å²) in [6.07, 6.45) is 8.94. The predicted octanol–water partition coefficient (Wildman–Crippen LogP) is 0.000700. The number of ether oxygens (including phenoxy) is 2. The number of halogens is 1. The lowest BCUT2D eigenvalue weighted by molar-refractivity contribution is -0.945. The minimum absolute atomic E-state index is 0. The first-order valence-corrected chi connectivity index (χ1v) is 13.7. The van der Waals surface area contributed by atoms with E-state index in [0.717, 1.165) is 31.6 Å². The minimum atomic E-state index is -0.229. The first-order valence-electron chi connectivity index (χ1n) is 13.7. The predicted molar refractivity (Wildman–Crippen MR) is 129 cm³/mol. The van der Waals surface area contributed by atoms with E-state index < -0.39 is 0 Å². The van der Waals surface area contributed by atoms with E-state index in [2.05, 4.69) is 33.8 Å². The Morgan fingerprint density at radius 2 is 1.80 bits per heavy atom. The average molecular weight is 504 g/mol. The minimum Gasteiger partial charge on any atom is -1.00 e.